The van der Waals surface area contributed by atoms with Gasteiger partial charge in [-0.15, -0.1) is 0 Å². The highest BCUT2D eigenvalue weighted by Crippen LogP contribution is 2.31. The number of para-hydroxylation sites is 1. The first kappa shape index (κ1) is 12.4. The molecule has 1 aliphatic rings. The van der Waals surface area contributed by atoms with Crippen LogP contribution < -0.4 is 4.74 Å². The van der Waals surface area contributed by atoms with Crippen molar-refractivity contribution in [3.63, 3.8) is 0 Å². The van der Waals surface area contributed by atoms with E-state index in [1.165, 1.54) is 5.56 Å². The van der Waals surface area contributed by atoms with Crippen LogP contribution in [0.25, 0.3) is 0 Å². The number of ether oxygens (including phenoxy) is 1. The number of rotatable bonds is 3. The Balaban J connectivity index is 2.15. The molecule has 17 heavy (non-hydrogen) atoms. The summed E-state index contributed by atoms with van der Waals surface area (Å²) in [5.74, 6) is 0.921. The van der Waals surface area contributed by atoms with Crippen LogP contribution in [-0.4, -0.2) is 35.3 Å². The predicted octanol–water partition coefficient (Wildman–Crippen LogP) is 2.04. The van der Waals surface area contributed by atoms with E-state index in [-0.39, 0.29) is 11.6 Å². The lowest BCUT2D eigenvalue weighted by molar-refractivity contribution is 0.155. The molecule has 94 valence electrons. The van der Waals surface area contributed by atoms with Gasteiger partial charge in [0.2, 0.25) is 0 Å². The average Bonchev–Trinajstić information content (AvgIpc) is 2.52. The molecule has 1 saturated heterocycles. The molecule has 1 unspecified atom stereocenters. The van der Waals surface area contributed by atoms with Gasteiger partial charge in [-0.2, -0.15) is 0 Å². The quantitative estimate of drug-likeness (QED) is 0.870. The van der Waals surface area contributed by atoms with Gasteiger partial charge in [-0.05, 0) is 26.3 Å². The van der Waals surface area contributed by atoms with Crippen molar-refractivity contribution in [1.29, 1.82) is 0 Å². The van der Waals surface area contributed by atoms with E-state index >= 15 is 0 Å². The van der Waals surface area contributed by atoms with Crippen molar-refractivity contribution < 1.29 is 9.84 Å². The number of nitrogens with zero attached hydrogens (tertiary/aromatic N) is 1. The van der Waals surface area contributed by atoms with Crippen LogP contribution >= 0.6 is 0 Å². The number of aliphatic hydroxyl groups is 1. The SMILES string of the molecule is COc1ccccc1CN1CC(O)CC1(C)C. The van der Waals surface area contributed by atoms with Crippen LogP contribution in [0.3, 0.4) is 0 Å². The average molecular weight is 235 g/mol. The van der Waals surface area contributed by atoms with Crippen LogP contribution in [0.5, 0.6) is 5.75 Å². The maximum absolute atomic E-state index is 9.77. The zero-order valence-electron chi connectivity index (χ0n) is 10.8. The van der Waals surface area contributed by atoms with E-state index in [9.17, 15) is 5.11 Å². The van der Waals surface area contributed by atoms with Gasteiger partial charge < -0.3 is 9.84 Å². The standard InChI is InChI=1S/C14H21NO2/c1-14(2)8-12(16)10-15(14)9-11-6-4-5-7-13(11)17-3/h4-7,12,16H,8-10H2,1-3H3. The molecule has 1 N–H and O–H groups in total. The molecule has 3 nitrogen and oxygen atoms in total. The van der Waals surface area contributed by atoms with Crippen molar-refractivity contribution in [2.75, 3.05) is 13.7 Å². The first-order valence-electron chi connectivity index (χ1n) is 6.08. The van der Waals surface area contributed by atoms with Gasteiger partial charge in [-0.1, -0.05) is 18.2 Å². The van der Waals surface area contributed by atoms with Gasteiger partial charge in [0.05, 0.1) is 13.2 Å². The molecule has 0 saturated carbocycles. The minimum Gasteiger partial charge on any atom is -0.496 e. The molecule has 0 spiro atoms. The third kappa shape index (κ3) is 2.61. The largest absolute Gasteiger partial charge is 0.496 e. The number of likely N-dealkylation sites (tertiary alicyclic amines) is 1. The van der Waals surface area contributed by atoms with Crippen LogP contribution in [0.4, 0.5) is 0 Å². The fourth-order valence-corrected chi connectivity index (χ4v) is 2.59. The highest BCUT2D eigenvalue weighted by Gasteiger charge is 2.37. The molecule has 3 heteroatoms. The van der Waals surface area contributed by atoms with E-state index in [1.54, 1.807) is 7.11 Å². The zero-order chi connectivity index (χ0) is 12.5. The number of hydrogen-bond acceptors (Lipinski definition) is 3. The summed E-state index contributed by atoms with van der Waals surface area (Å²) >= 11 is 0. The van der Waals surface area contributed by atoms with Crippen molar-refractivity contribution >= 4 is 0 Å². The van der Waals surface area contributed by atoms with Gasteiger partial charge in [-0.25, -0.2) is 0 Å². The maximum atomic E-state index is 9.77. The van der Waals surface area contributed by atoms with Crippen molar-refractivity contribution in [2.45, 2.75) is 38.5 Å². The second-order valence-electron chi connectivity index (χ2n) is 5.36. The molecule has 0 radical (unpaired) electrons. The lowest BCUT2D eigenvalue weighted by atomic mass is 10.0. The summed E-state index contributed by atoms with van der Waals surface area (Å²) in [7, 11) is 1.70. The molecular weight excluding hydrogens is 214 g/mol. The molecule has 0 aromatic heterocycles. The smallest absolute Gasteiger partial charge is 0.123 e. The lowest BCUT2D eigenvalue weighted by Crippen LogP contribution is -2.37. The van der Waals surface area contributed by atoms with Crippen molar-refractivity contribution in [1.82, 2.24) is 4.90 Å². The number of benzene rings is 1. The molecule has 1 aromatic carbocycles. The molecule has 1 aromatic rings. The summed E-state index contributed by atoms with van der Waals surface area (Å²) < 4.78 is 5.36. The Bertz CT molecular complexity index is 390. The van der Waals surface area contributed by atoms with E-state index in [4.69, 9.17) is 4.74 Å². The summed E-state index contributed by atoms with van der Waals surface area (Å²) in [6.45, 7) is 5.93. The maximum Gasteiger partial charge on any atom is 0.123 e. The number of β-amino-alcohol motifs (C(OH)–C–C–N with tert-alkyl or cyclic N) is 1. The van der Waals surface area contributed by atoms with Gasteiger partial charge in [0.25, 0.3) is 0 Å². The zero-order valence-corrected chi connectivity index (χ0v) is 10.8. The normalized spacial score (nSPS) is 23.9. The number of methoxy groups -OCH3 is 1. The van der Waals surface area contributed by atoms with Crippen LogP contribution in [0.1, 0.15) is 25.8 Å². The summed E-state index contributed by atoms with van der Waals surface area (Å²) in [6, 6.07) is 8.07. The van der Waals surface area contributed by atoms with Crippen LogP contribution in [0.15, 0.2) is 24.3 Å². The van der Waals surface area contributed by atoms with E-state index in [2.05, 4.69) is 24.8 Å². The molecule has 1 heterocycles. The van der Waals surface area contributed by atoms with Gasteiger partial charge in [0.15, 0.2) is 0 Å². The Morgan fingerprint density at radius 2 is 2.12 bits per heavy atom. The Hall–Kier alpha value is -1.06. The predicted molar refractivity (Wildman–Crippen MR) is 68.1 cm³/mol. The van der Waals surface area contributed by atoms with E-state index in [1.807, 2.05) is 18.2 Å². The molecule has 0 bridgehead atoms. The Kier molecular flexibility index (Phi) is 3.40. The molecule has 1 atom stereocenters. The monoisotopic (exact) mass is 235 g/mol. The Labute approximate surface area is 103 Å². The molecule has 1 fully saturated rings. The molecule has 2 rings (SSSR count). The summed E-state index contributed by atoms with van der Waals surface area (Å²) in [5.41, 5.74) is 1.23. The highest BCUT2D eigenvalue weighted by atomic mass is 16.5. The minimum absolute atomic E-state index is 0.0558. The van der Waals surface area contributed by atoms with Crippen LogP contribution in [0.2, 0.25) is 0 Å². The first-order valence-corrected chi connectivity index (χ1v) is 6.08. The van der Waals surface area contributed by atoms with Crippen molar-refractivity contribution in [3.05, 3.63) is 29.8 Å². The number of aliphatic hydroxyl groups excluding tert-OH is 1. The van der Waals surface area contributed by atoms with Crippen molar-refractivity contribution in [2.24, 2.45) is 0 Å². The molecule has 1 aliphatic heterocycles. The Morgan fingerprint density at radius 3 is 2.71 bits per heavy atom. The fraction of sp³-hybridized carbons (Fsp3) is 0.571. The fourth-order valence-electron chi connectivity index (χ4n) is 2.59. The highest BCUT2D eigenvalue weighted by molar-refractivity contribution is 5.33. The van der Waals surface area contributed by atoms with Crippen LogP contribution in [-0.2, 0) is 6.54 Å². The third-order valence-corrected chi connectivity index (χ3v) is 3.58. The van der Waals surface area contributed by atoms with Gasteiger partial charge >= 0.3 is 0 Å². The second-order valence-corrected chi connectivity index (χ2v) is 5.36. The minimum atomic E-state index is -0.209. The van der Waals surface area contributed by atoms with Gasteiger partial charge in [0.1, 0.15) is 5.75 Å². The molecular formula is C14H21NO2. The lowest BCUT2D eigenvalue weighted by Gasteiger charge is -2.31. The second kappa shape index (κ2) is 4.67. The van der Waals surface area contributed by atoms with Gasteiger partial charge in [0, 0.05) is 24.2 Å². The summed E-state index contributed by atoms with van der Waals surface area (Å²) in [4.78, 5) is 2.32. The summed E-state index contributed by atoms with van der Waals surface area (Å²) in [6.07, 6.45) is 0.627. The van der Waals surface area contributed by atoms with Gasteiger partial charge in [-0.3, -0.25) is 4.90 Å². The first-order chi connectivity index (χ1) is 8.03. The summed E-state index contributed by atoms with van der Waals surface area (Å²) in [5, 5.41) is 9.77. The van der Waals surface area contributed by atoms with E-state index in [0.29, 0.717) is 0 Å². The van der Waals surface area contributed by atoms with Crippen LogP contribution in [0, 0.1) is 0 Å². The van der Waals surface area contributed by atoms with Crippen molar-refractivity contribution in [3.8, 4) is 5.75 Å². The van der Waals surface area contributed by atoms with E-state index < -0.39 is 0 Å². The number of hydrogen-bond donors (Lipinski definition) is 1. The molecule has 0 amide bonds. The Morgan fingerprint density at radius 1 is 1.41 bits per heavy atom. The molecule has 0 aliphatic carbocycles. The van der Waals surface area contributed by atoms with E-state index in [0.717, 1.165) is 25.3 Å². The topological polar surface area (TPSA) is 32.7 Å². The third-order valence-electron chi connectivity index (χ3n) is 3.58.